The second kappa shape index (κ2) is 6.89. The minimum Gasteiger partial charge on any atom is -0.377 e. The second-order valence-electron chi connectivity index (χ2n) is 5.58. The summed E-state index contributed by atoms with van der Waals surface area (Å²) in [6, 6.07) is 13.1. The molecular weight excluding hydrogens is 312 g/mol. The van der Waals surface area contributed by atoms with Crippen molar-refractivity contribution in [2.75, 3.05) is 5.32 Å². The van der Waals surface area contributed by atoms with Crippen LogP contribution in [0.1, 0.15) is 37.9 Å². The molecule has 0 bridgehead atoms. The van der Waals surface area contributed by atoms with Crippen LogP contribution in [0.2, 0.25) is 0 Å². The zero-order valence-corrected chi connectivity index (χ0v) is 13.8. The normalized spacial score (nSPS) is 12.4. The van der Waals surface area contributed by atoms with Gasteiger partial charge in [0.2, 0.25) is 0 Å². The Kier molecular flexibility index (Phi) is 5.18. The van der Waals surface area contributed by atoms with E-state index in [2.05, 4.69) is 71.3 Å². The third kappa shape index (κ3) is 4.34. The summed E-state index contributed by atoms with van der Waals surface area (Å²) in [4.78, 5) is 4.23. The minimum atomic E-state index is 0.270. The van der Waals surface area contributed by atoms with Gasteiger partial charge in [-0.3, -0.25) is 0 Å². The largest absolute Gasteiger partial charge is 0.377 e. The fourth-order valence-corrected chi connectivity index (χ4v) is 2.44. The van der Waals surface area contributed by atoms with Gasteiger partial charge in [-0.05, 0) is 58.5 Å². The average Bonchev–Trinajstić information content (AvgIpc) is 2.41. The molecule has 1 aromatic carbocycles. The Labute approximate surface area is 129 Å². The van der Waals surface area contributed by atoms with E-state index >= 15 is 0 Å². The van der Waals surface area contributed by atoms with Gasteiger partial charge in [0.25, 0.3) is 0 Å². The number of pyridine rings is 1. The van der Waals surface area contributed by atoms with Gasteiger partial charge in [0, 0.05) is 6.04 Å². The van der Waals surface area contributed by atoms with Crippen LogP contribution < -0.4 is 5.32 Å². The van der Waals surface area contributed by atoms with Gasteiger partial charge in [0.1, 0.15) is 4.60 Å². The SMILES string of the molecule is CC(C)Cc1ccc(C(C)Nc2ccc(Br)nc2)cc1. The van der Waals surface area contributed by atoms with Crippen LogP contribution in [0.5, 0.6) is 0 Å². The summed E-state index contributed by atoms with van der Waals surface area (Å²) in [5, 5.41) is 3.46. The maximum Gasteiger partial charge on any atom is 0.106 e. The van der Waals surface area contributed by atoms with Gasteiger partial charge >= 0.3 is 0 Å². The Morgan fingerprint density at radius 3 is 2.30 bits per heavy atom. The van der Waals surface area contributed by atoms with Crippen LogP contribution >= 0.6 is 15.9 Å². The maximum absolute atomic E-state index is 4.23. The number of nitrogens with zero attached hydrogens (tertiary/aromatic N) is 1. The number of rotatable bonds is 5. The Balaban J connectivity index is 2.01. The highest BCUT2D eigenvalue weighted by Crippen LogP contribution is 2.20. The summed E-state index contributed by atoms with van der Waals surface area (Å²) in [6.07, 6.45) is 2.98. The van der Waals surface area contributed by atoms with Crippen LogP contribution in [0.4, 0.5) is 5.69 Å². The molecule has 1 aromatic heterocycles. The number of hydrogen-bond acceptors (Lipinski definition) is 2. The monoisotopic (exact) mass is 332 g/mol. The highest BCUT2D eigenvalue weighted by atomic mass is 79.9. The lowest BCUT2D eigenvalue weighted by Crippen LogP contribution is -2.07. The molecule has 3 heteroatoms. The summed E-state index contributed by atoms with van der Waals surface area (Å²) in [5.74, 6) is 0.699. The van der Waals surface area contributed by atoms with Gasteiger partial charge in [-0.15, -0.1) is 0 Å². The van der Waals surface area contributed by atoms with E-state index in [0.29, 0.717) is 5.92 Å². The predicted molar refractivity (Wildman–Crippen MR) is 89.0 cm³/mol. The van der Waals surface area contributed by atoms with Crippen LogP contribution in [0.25, 0.3) is 0 Å². The molecule has 0 aliphatic carbocycles. The molecule has 0 radical (unpaired) electrons. The number of anilines is 1. The van der Waals surface area contributed by atoms with Crippen molar-refractivity contribution in [2.24, 2.45) is 5.92 Å². The van der Waals surface area contributed by atoms with E-state index < -0.39 is 0 Å². The van der Waals surface area contributed by atoms with E-state index in [9.17, 15) is 0 Å². The molecule has 0 aliphatic rings. The van der Waals surface area contributed by atoms with Crippen LogP contribution in [-0.2, 0) is 6.42 Å². The van der Waals surface area contributed by atoms with Gasteiger partial charge in [-0.2, -0.15) is 0 Å². The standard InChI is InChI=1S/C17H21BrN2/c1-12(2)10-14-4-6-15(7-5-14)13(3)20-16-8-9-17(18)19-11-16/h4-9,11-13,20H,10H2,1-3H3. The van der Waals surface area contributed by atoms with Gasteiger partial charge in [0.05, 0.1) is 11.9 Å². The van der Waals surface area contributed by atoms with Crippen molar-refractivity contribution in [2.45, 2.75) is 33.2 Å². The molecule has 0 amide bonds. The Hall–Kier alpha value is -1.35. The molecule has 0 fully saturated rings. The third-order valence-electron chi connectivity index (χ3n) is 3.23. The first-order valence-corrected chi connectivity index (χ1v) is 7.81. The molecule has 2 rings (SSSR count). The first-order valence-electron chi connectivity index (χ1n) is 7.01. The summed E-state index contributed by atoms with van der Waals surface area (Å²) < 4.78 is 0.855. The number of hydrogen-bond donors (Lipinski definition) is 1. The number of benzene rings is 1. The summed E-state index contributed by atoms with van der Waals surface area (Å²) in [5.41, 5.74) is 3.73. The maximum atomic E-state index is 4.23. The topological polar surface area (TPSA) is 24.9 Å². The Morgan fingerprint density at radius 1 is 1.05 bits per heavy atom. The van der Waals surface area contributed by atoms with Crippen molar-refractivity contribution in [3.63, 3.8) is 0 Å². The van der Waals surface area contributed by atoms with Crippen molar-refractivity contribution < 1.29 is 0 Å². The van der Waals surface area contributed by atoms with Gasteiger partial charge in [-0.25, -0.2) is 4.98 Å². The lowest BCUT2D eigenvalue weighted by Gasteiger charge is -2.16. The minimum absolute atomic E-state index is 0.270. The quantitative estimate of drug-likeness (QED) is 0.759. The van der Waals surface area contributed by atoms with Crippen molar-refractivity contribution in [1.82, 2.24) is 4.98 Å². The van der Waals surface area contributed by atoms with Gasteiger partial charge in [-0.1, -0.05) is 38.1 Å². The van der Waals surface area contributed by atoms with Crippen molar-refractivity contribution >= 4 is 21.6 Å². The predicted octanol–water partition coefficient (Wildman–Crippen LogP) is 5.22. The van der Waals surface area contributed by atoms with Crippen LogP contribution in [0, 0.1) is 5.92 Å². The molecule has 0 spiro atoms. The third-order valence-corrected chi connectivity index (χ3v) is 3.70. The van der Waals surface area contributed by atoms with E-state index in [1.54, 1.807) is 0 Å². The van der Waals surface area contributed by atoms with E-state index in [1.165, 1.54) is 11.1 Å². The lowest BCUT2D eigenvalue weighted by molar-refractivity contribution is 0.647. The number of aromatic nitrogens is 1. The molecule has 106 valence electrons. The first kappa shape index (κ1) is 15.0. The molecule has 0 saturated heterocycles. The molecule has 20 heavy (non-hydrogen) atoms. The van der Waals surface area contributed by atoms with E-state index in [1.807, 2.05) is 18.3 Å². The van der Waals surface area contributed by atoms with E-state index in [-0.39, 0.29) is 6.04 Å². The Bertz CT molecular complexity index is 532. The molecule has 2 nitrogen and oxygen atoms in total. The van der Waals surface area contributed by atoms with Crippen LogP contribution in [0.15, 0.2) is 47.2 Å². The van der Waals surface area contributed by atoms with Crippen LogP contribution in [-0.4, -0.2) is 4.98 Å². The zero-order valence-electron chi connectivity index (χ0n) is 12.2. The van der Waals surface area contributed by atoms with Crippen molar-refractivity contribution in [1.29, 1.82) is 0 Å². The summed E-state index contributed by atoms with van der Waals surface area (Å²) in [7, 11) is 0. The molecule has 1 unspecified atom stereocenters. The first-order chi connectivity index (χ1) is 9.54. The molecule has 1 N–H and O–H groups in total. The molecular formula is C17H21BrN2. The molecule has 1 atom stereocenters. The van der Waals surface area contributed by atoms with Crippen molar-refractivity contribution in [3.05, 3.63) is 58.3 Å². The fourth-order valence-electron chi connectivity index (χ4n) is 2.21. The Morgan fingerprint density at radius 2 is 1.75 bits per heavy atom. The van der Waals surface area contributed by atoms with Crippen molar-refractivity contribution in [3.8, 4) is 0 Å². The lowest BCUT2D eigenvalue weighted by atomic mass is 10.00. The number of nitrogens with one attached hydrogen (secondary N) is 1. The second-order valence-corrected chi connectivity index (χ2v) is 6.39. The summed E-state index contributed by atoms with van der Waals surface area (Å²) >= 11 is 3.35. The number of halogens is 1. The molecule has 0 aliphatic heterocycles. The van der Waals surface area contributed by atoms with Gasteiger partial charge < -0.3 is 5.32 Å². The average molecular weight is 333 g/mol. The highest BCUT2D eigenvalue weighted by Gasteiger charge is 2.06. The highest BCUT2D eigenvalue weighted by molar-refractivity contribution is 9.10. The van der Waals surface area contributed by atoms with E-state index in [4.69, 9.17) is 0 Å². The molecule has 1 heterocycles. The smallest absolute Gasteiger partial charge is 0.106 e. The molecule has 2 aromatic rings. The van der Waals surface area contributed by atoms with Gasteiger partial charge in [0.15, 0.2) is 0 Å². The van der Waals surface area contributed by atoms with Crippen LogP contribution in [0.3, 0.4) is 0 Å². The summed E-state index contributed by atoms with van der Waals surface area (Å²) in [6.45, 7) is 6.66. The zero-order chi connectivity index (χ0) is 14.5. The molecule has 0 saturated carbocycles. The van der Waals surface area contributed by atoms with E-state index in [0.717, 1.165) is 16.7 Å². The fraction of sp³-hybridized carbons (Fsp3) is 0.353.